The van der Waals surface area contributed by atoms with Gasteiger partial charge < -0.3 is 19.9 Å². The maximum Gasteiger partial charge on any atom is 0.247 e. The molecule has 1 amide bonds. The lowest BCUT2D eigenvalue weighted by Crippen LogP contribution is -2.40. The van der Waals surface area contributed by atoms with Gasteiger partial charge in [-0.3, -0.25) is 9.59 Å². The van der Waals surface area contributed by atoms with Crippen LogP contribution in [-0.2, 0) is 29.4 Å². The van der Waals surface area contributed by atoms with Gasteiger partial charge in [0.05, 0.1) is 67.0 Å². The van der Waals surface area contributed by atoms with Crippen molar-refractivity contribution in [3.05, 3.63) is 178 Å². The smallest absolute Gasteiger partial charge is 0.247 e. The van der Waals surface area contributed by atoms with Crippen molar-refractivity contribution in [3.8, 4) is 23.6 Å². The fourth-order valence-electron chi connectivity index (χ4n) is 6.98. The predicted octanol–water partition coefficient (Wildman–Crippen LogP) is 9.84. The third kappa shape index (κ3) is 11.9. The Bertz CT molecular complexity index is 2940. The van der Waals surface area contributed by atoms with Crippen molar-refractivity contribution in [2.75, 3.05) is 13.2 Å². The third-order valence-corrected chi connectivity index (χ3v) is 10.4. The van der Waals surface area contributed by atoms with E-state index in [1.54, 1.807) is 80.6 Å². The highest BCUT2D eigenvalue weighted by Crippen LogP contribution is 2.34. The standard InChI is InChI=1S/C25H21N3O3.C24H18N4O2.CH3PS/c1-16(29)22(13-19-11-12-23(27-2)21-6-4-3-5-20(19)21)25(31)28-15-24(30)18-9-7-17(14-26)8-10-18;1-15(29)21(13-18-11-12-22(26-2)20-6-4-3-5-19(18)20)24-28-27-23(30-24)17-9-7-16(14-25)8-10-17;1-2-3/h3-12,16,22,29H,13,15H2,1H3,(H,28,31);3-12,15,21,29H,13H2,1H3;1H3/t16-,22-;15-,21-;/m11./s1. The second-order valence-electron chi connectivity index (χ2n) is 14.6. The number of benzene rings is 6. The van der Waals surface area contributed by atoms with Gasteiger partial charge in [-0.05, 0) is 110 Å². The van der Waals surface area contributed by atoms with Crippen LogP contribution in [0.1, 0.15) is 58.3 Å². The van der Waals surface area contributed by atoms with Crippen molar-refractivity contribution in [2.24, 2.45) is 5.92 Å². The van der Waals surface area contributed by atoms with Gasteiger partial charge in [0.25, 0.3) is 0 Å². The summed E-state index contributed by atoms with van der Waals surface area (Å²) in [6.07, 6.45) is -0.874. The van der Waals surface area contributed by atoms with Gasteiger partial charge in [-0.1, -0.05) is 96.7 Å². The van der Waals surface area contributed by atoms with Crippen LogP contribution in [0.4, 0.5) is 11.4 Å². The molecule has 318 valence electrons. The normalized spacial score (nSPS) is 12.3. The molecule has 64 heavy (non-hydrogen) atoms. The number of ketones is 1. The number of aliphatic hydroxyl groups is 2. The zero-order valence-electron chi connectivity index (χ0n) is 35.1. The Balaban J connectivity index is 0.000000227. The van der Waals surface area contributed by atoms with Gasteiger partial charge in [0.1, 0.15) is 0 Å². The number of aliphatic hydroxyl groups excluding tert-OH is 2. The maximum atomic E-state index is 12.8. The summed E-state index contributed by atoms with van der Waals surface area (Å²) in [5.74, 6) is -1.16. The Morgan fingerprint density at radius 3 is 1.69 bits per heavy atom. The Hall–Kier alpha value is -7.48. The minimum atomic E-state index is -0.927. The van der Waals surface area contributed by atoms with E-state index in [-0.39, 0.29) is 18.7 Å². The summed E-state index contributed by atoms with van der Waals surface area (Å²) in [6.45, 7) is 19.7. The second-order valence-corrected chi connectivity index (χ2v) is 16.0. The van der Waals surface area contributed by atoms with Gasteiger partial charge in [0.2, 0.25) is 17.7 Å². The molecule has 1 heterocycles. The minimum Gasteiger partial charge on any atom is -0.420 e. The van der Waals surface area contributed by atoms with Crippen LogP contribution >= 0.6 is 7.36 Å². The van der Waals surface area contributed by atoms with E-state index in [9.17, 15) is 19.8 Å². The van der Waals surface area contributed by atoms with Crippen LogP contribution in [0, 0.1) is 41.7 Å². The van der Waals surface area contributed by atoms with Crippen LogP contribution < -0.4 is 5.32 Å². The molecule has 0 aliphatic carbocycles. The molecule has 0 saturated carbocycles. The molecule has 0 bridgehead atoms. The average Bonchev–Trinajstić information content (AvgIpc) is 3.81. The summed E-state index contributed by atoms with van der Waals surface area (Å²) in [5, 5.41) is 52.9. The van der Waals surface area contributed by atoms with E-state index in [1.807, 2.05) is 67.3 Å². The van der Waals surface area contributed by atoms with Gasteiger partial charge in [-0.2, -0.15) is 10.5 Å². The largest absolute Gasteiger partial charge is 0.420 e. The summed E-state index contributed by atoms with van der Waals surface area (Å²) in [7, 11) is 1.00. The summed E-state index contributed by atoms with van der Waals surface area (Å²) in [4.78, 5) is 32.3. The Labute approximate surface area is 377 Å². The number of hydrogen-bond donors (Lipinski definition) is 3. The van der Waals surface area contributed by atoms with E-state index >= 15 is 0 Å². The second kappa shape index (κ2) is 23.1. The number of Topliss-reactive ketones (excluding diaryl/α,β-unsaturated/α-hetero) is 1. The molecule has 0 radical (unpaired) electrons. The SMILES string of the molecule is CP=S.[C-]#[N+]c1ccc(C[C@@H](C(=O)NCC(=O)c2ccc(C#N)cc2)[C@@H](C)O)c2ccccc12.[C-]#[N+]c1ccc(C[C@@H](c2nnc(-c3ccc(C#N)cc3)o2)[C@@H](C)O)c2ccccc12. The summed E-state index contributed by atoms with van der Waals surface area (Å²) >= 11 is 4.37. The number of fused-ring (bicyclic) bond motifs is 2. The van der Waals surface area contributed by atoms with Crippen LogP contribution in [0.5, 0.6) is 0 Å². The van der Waals surface area contributed by atoms with Crippen LogP contribution in [0.25, 0.3) is 42.7 Å². The van der Waals surface area contributed by atoms with Crippen molar-refractivity contribution < 1.29 is 24.2 Å². The summed E-state index contributed by atoms with van der Waals surface area (Å²) in [5.41, 5.74) is 5.10. The molecule has 14 heteroatoms. The molecule has 0 unspecified atom stereocenters. The number of amides is 1. The number of rotatable bonds is 12. The number of aromatic nitrogens is 2. The number of nitriles is 2. The number of nitrogens with zero attached hydrogens (tertiary/aromatic N) is 6. The summed E-state index contributed by atoms with van der Waals surface area (Å²) < 4.78 is 5.88. The molecule has 12 nitrogen and oxygen atoms in total. The first-order chi connectivity index (χ1) is 31.0. The van der Waals surface area contributed by atoms with Crippen molar-refractivity contribution in [2.45, 2.75) is 44.8 Å². The lowest BCUT2D eigenvalue weighted by molar-refractivity contribution is -0.127. The van der Waals surface area contributed by atoms with Gasteiger partial charge in [-0.15, -0.1) is 10.2 Å². The first-order valence-corrected chi connectivity index (χ1v) is 22.3. The van der Waals surface area contributed by atoms with Crippen molar-refractivity contribution in [1.82, 2.24) is 15.5 Å². The van der Waals surface area contributed by atoms with Crippen molar-refractivity contribution in [3.63, 3.8) is 0 Å². The molecule has 1 aromatic heterocycles. The van der Waals surface area contributed by atoms with E-state index in [2.05, 4.69) is 43.1 Å². The molecule has 6 aromatic carbocycles. The lowest BCUT2D eigenvalue weighted by Gasteiger charge is -2.20. The fraction of sp³-hybridized carbons (Fsp3) is 0.200. The maximum absolute atomic E-state index is 12.8. The lowest BCUT2D eigenvalue weighted by atomic mass is 9.90. The van der Waals surface area contributed by atoms with E-state index in [1.165, 1.54) is 0 Å². The molecule has 7 rings (SSSR count). The monoisotopic (exact) mass is 883 g/mol. The van der Waals surface area contributed by atoms with Gasteiger partial charge in [0, 0.05) is 11.1 Å². The Morgan fingerprint density at radius 1 is 0.734 bits per heavy atom. The number of nitrogens with one attached hydrogen (secondary N) is 1. The number of carbonyl (C=O) groups is 2. The van der Waals surface area contributed by atoms with E-state index in [0.717, 1.165) is 40.0 Å². The number of carbonyl (C=O) groups excluding carboxylic acids is 2. The van der Waals surface area contributed by atoms with Crippen molar-refractivity contribution >= 4 is 63.8 Å². The zero-order chi connectivity index (χ0) is 46.2. The Morgan fingerprint density at radius 2 is 1.22 bits per heavy atom. The van der Waals surface area contributed by atoms with Crippen LogP contribution in [-0.4, -0.2) is 57.5 Å². The fourth-order valence-corrected chi connectivity index (χ4v) is 6.98. The molecule has 0 fully saturated rings. The highest BCUT2D eigenvalue weighted by Gasteiger charge is 2.27. The van der Waals surface area contributed by atoms with Gasteiger partial charge >= 0.3 is 0 Å². The van der Waals surface area contributed by atoms with Crippen LogP contribution in [0.3, 0.4) is 0 Å². The van der Waals surface area contributed by atoms with E-state index in [0.29, 0.717) is 51.8 Å². The molecule has 0 aliphatic heterocycles. The molecule has 7 aromatic rings. The van der Waals surface area contributed by atoms with Gasteiger partial charge in [0.15, 0.2) is 17.2 Å². The van der Waals surface area contributed by atoms with Gasteiger partial charge in [-0.25, -0.2) is 9.69 Å². The zero-order valence-corrected chi connectivity index (χ0v) is 36.8. The minimum absolute atomic E-state index is 0.203. The molecular formula is C50H42N7O5PS. The van der Waals surface area contributed by atoms with Crippen LogP contribution in [0.15, 0.2) is 126 Å². The Kier molecular flexibility index (Phi) is 17.2. The average molecular weight is 884 g/mol. The molecule has 0 spiro atoms. The molecular weight excluding hydrogens is 842 g/mol. The highest BCUT2D eigenvalue weighted by molar-refractivity contribution is 7.96. The third-order valence-electron chi connectivity index (χ3n) is 10.4. The van der Waals surface area contributed by atoms with Crippen molar-refractivity contribution in [1.29, 1.82) is 10.5 Å². The predicted molar refractivity (Wildman–Crippen MR) is 251 cm³/mol. The quantitative estimate of drug-likeness (QED) is 0.0607. The first kappa shape index (κ1) is 47.6. The molecule has 0 saturated heterocycles. The van der Waals surface area contributed by atoms with Crippen LogP contribution in [0.2, 0.25) is 0 Å². The van der Waals surface area contributed by atoms with E-state index < -0.39 is 30.0 Å². The first-order valence-electron chi connectivity index (χ1n) is 19.9. The molecule has 4 atom stereocenters. The van der Waals surface area contributed by atoms with E-state index in [4.69, 9.17) is 28.1 Å². The highest BCUT2D eigenvalue weighted by atomic mass is 32.4. The molecule has 3 N–H and O–H groups in total. The molecule has 0 aliphatic rings. The summed E-state index contributed by atoms with van der Waals surface area (Å²) in [6, 6.07) is 39.6. The number of hydrogen-bond acceptors (Lipinski definition) is 10. The topological polar surface area (TPSA) is 182 Å².